The van der Waals surface area contributed by atoms with E-state index < -0.39 is 29.0 Å². The lowest BCUT2D eigenvalue weighted by Gasteiger charge is -2.21. The van der Waals surface area contributed by atoms with Gasteiger partial charge in [-0.3, -0.25) is 14.5 Å². The fourth-order valence-electron chi connectivity index (χ4n) is 2.68. The van der Waals surface area contributed by atoms with Crippen LogP contribution < -0.4 is 10.6 Å². The largest absolute Gasteiger partial charge is 0.324 e. The number of nitrogens with one attached hydrogen (secondary N) is 2. The van der Waals surface area contributed by atoms with E-state index in [0.29, 0.717) is 28.7 Å². The number of benzene rings is 2. The Bertz CT molecular complexity index is 908. The number of para-hydroxylation sites is 1. The Morgan fingerprint density at radius 1 is 0.933 bits per heavy atom. The number of halogens is 5. The van der Waals surface area contributed by atoms with Gasteiger partial charge in [-0.15, -0.1) is 0 Å². The third kappa shape index (κ3) is 6.62. The second-order valence-electron chi connectivity index (χ2n) is 6.44. The molecule has 0 spiro atoms. The summed E-state index contributed by atoms with van der Waals surface area (Å²) >= 11 is 12.0. The van der Waals surface area contributed by atoms with E-state index in [9.17, 15) is 22.8 Å². The van der Waals surface area contributed by atoms with Gasteiger partial charge in [0.05, 0.1) is 28.0 Å². The van der Waals surface area contributed by atoms with Crippen molar-refractivity contribution in [1.29, 1.82) is 0 Å². The summed E-state index contributed by atoms with van der Waals surface area (Å²) in [5.41, 5.74) is -0.152. The molecule has 2 aromatic carbocycles. The van der Waals surface area contributed by atoms with Gasteiger partial charge < -0.3 is 10.6 Å². The predicted molar refractivity (Wildman–Crippen MR) is 111 cm³/mol. The van der Waals surface area contributed by atoms with Crippen LogP contribution in [0.3, 0.4) is 0 Å². The van der Waals surface area contributed by atoms with E-state index in [-0.39, 0.29) is 25.4 Å². The maximum absolute atomic E-state index is 13.7. The van der Waals surface area contributed by atoms with Crippen LogP contribution in [0.15, 0.2) is 30.3 Å². The number of anilines is 2. The molecular weight excluding hydrogens is 442 g/mol. The lowest BCUT2D eigenvalue weighted by molar-refractivity contribution is -0.119. The molecule has 0 bridgehead atoms. The molecule has 0 aliphatic carbocycles. The highest BCUT2D eigenvalue weighted by atomic mass is 35.5. The molecule has 10 heteroatoms. The van der Waals surface area contributed by atoms with E-state index in [0.717, 1.165) is 12.1 Å². The number of nitrogens with zero attached hydrogens (tertiary/aromatic N) is 1. The zero-order chi connectivity index (χ0) is 22.3. The maximum Gasteiger partial charge on any atom is 0.238 e. The van der Waals surface area contributed by atoms with Crippen molar-refractivity contribution in [3.05, 3.63) is 57.8 Å². The maximum atomic E-state index is 13.7. The summed E-state index contributed by atoms with van der Waals surface area (Å²) in [5.74, 6) is -5.45. The minimum Gasteiger partial charge on any atom is -0.324 e. The van der Waals surface area contributed by atoms with Gasteiger partial charge in [0.25, 0.3) is 0 Å². The Balaban J connectivity index is 1.93. The van der Waals surface area contributed by atoms with Crippen LogP contribution in [0.4, 0.5) is 24.5 Å². The molecule has 0 heterocycles. The standard InChI is InChI=1S/C20H20Cl2F3N3O2/c1-2-9-28(10-8-16(29)27-20-12(21)4-3-5-13(20)22)11-17(30)26-15-7-6-14(23)18(24)19(15)25/h3-7H,2,8-11H2,1H3,(H,26,30)(H,27,29). The van der Waals surface area contributed by atoms with Crippen LogP contribution in [0.25, 0.3) is 0 Å². The van der Waals surface area contributed by atoms with Crippen molar-refractivity contribution in [3.63, 3.8) is 0 Å². The Kier molecular flexibility index (Phi) is 8.95. The molecule has 0 saturated carbocycles. The molecule has 2 amide bonds. The summed E-state index contributed by atoms with van der Waals surface area (Å²) in [6.45, 7) is 2.46. The quantitative estimate of drug-likeness (QED) is 0.511. The van der Waals surface area contributed by atoms with E-state index in [1.807, 2.05) is 6.92 Å². The van der Waals surface area contributed by atoms with Crippen LogP contribution in [-0.4, -0.2) is 36.3 Å². The highest BCUT2D eigenvalue weighted by Gasteiger charge is 2.18. The first-order valence-corrected chi connectivity index (χ1v) is 9.88. The van der Waals surface area contributed by atoms with Gasteiger partial charge in [-0.2, -0.15) is 0 Å². The highest BCUT2D eigenvalue weighted by Crippen LogP contribution is 2.29. The summed E-state index contributed by atoms with van der Waals surface area (Å²) in [6.07, 6.45) is 0.749. The second-order valence-corrected chi connectivity index (χ2v) is 7.26. The zero-order valence-corrected chi connectivity index (χ0v) is 17.6. The topological polar surface area (TPSA) is 61.4 Å². The van der Waals surface area contributed by atoms with Crippen molar-refractivity contribution in [2.75, 3.05) is 30.3 Å². The Morgan fingerprint density at radius 3 is 2.23 bits per heavy atom. The molecule has 0 aliphatic rings. The normalized spacial score (nSPS) is 10.9. The van der Waals surface area contributed by atoms with Gasteiger partial charge >= 0.3 is 0 Å². The van der Waals surface area contributed by atoms with Crippen LogP contribution in [0.5, 0.6) is 0 Å². The zero-order valence-electron chi connectivity index (χ0n) is 16.1. The van der Waals surface area contributed by atoms with Gasteiger partial charge in [-0.25, -0.2) is 13.2 Å². The van der Waals surface area contributed by atoms with Crippen molar-refractivity contribution in [3.8, 4) is 0 Å². The van der Waals surface area contributed by atoms with E-state index in [1.165, 1.54) is 0 Å². The Labute approximate surface area is 182 Å². The number of hydrogen-bond donors (Lipinski definition) is 2. The Hall–Kier alpha value is -2.29. The second kappa shape index (κ2) is 11.2. The number of rotatable bonds is 9. The molecule has 0 unspecified atom stereocenters. The van der Waals surface area contributed by atoms with E-state index in [2.05, 4.69) is 10.6 Å². The molecule has 5 nitrogen and oxygen atoms in total. The molecular formula is C20H20Cl2F3N3O2. The van der Waals surface area contributed by atoms with Gasteiger partial charge in [-0.05, 0) is 37.2 Å². The van der Waals surface area contributed by atoms with Crippen LogP contribution in [0, 0.1) is 17.5 Å². The third-order valence-electron chi connectivity index (χ3n) is 4.10. The molecule has 2 rings (SSSR count). The molecule has 162 valence electrons. The summed E-state index contributed by atoms with van der Waals surface area (Å²) in [4.78, 5) is 26.1. The molecule has 0 atom stereocenters. The van der Waals surface area contributed by atoms with Gasteiger partial charge in [0.1, 0.15) is 0 Å². The first-order chi connectivity index (χ1) is 14.2. The van der Waals surface area contributed by atoms with Crippen molar-refractivity contribution >= 4 is 46.4 Å². The van der Waals surface area contributed by atoms with Gasteiger partial charge in [0.15, 0.2) is 17.5 Å². The molecule has 30 heavy (non-hydrogen) atoms. The van der Waals surface area contributed by atoms with Gasteiger partial charge in [-0.1, -0.05) is 36.2 Å². The third-order valence-corrected chi connectivity index (χ3v) is 4.73. The van der Waals surface area contributed by atoms with Crippen LogP contribution >= 0.6 is 23.2 Å². The number of amides is 2. The average Bonchev–Trinajstić information content (AvgIpc) is 2.69. The minimum atomic E-state index is -1.66. The van der Waals surface area contributed by atoms with Crippen molar-refractivity contribution in [2.45, 2.75) is 19.8 Å². The molecule has 2 N–H and O–H groups in total. The smallest absolute Gasteiger partial charge is 0.238 e. The molecule has 2 aromatic rings. The summed E-state index contributed by atoms with van der Waals surface area (Å²) in [5, 5.41) is 5.44. The molecule has 0 radical (unpaired) electrons. The molecule has 0 aromatic heterocycles. The number of hydrogen-bond acceptors (Lipinski definition) is 3. The summed E-state index contributed by atoms with van der Waals surface area (Å²) < 4.78 is 40.0. The number of carbonyl (C=O) groups excluding carboxylic acids is 2. The first-order valence-electron chi connectivity index (χ1n) is 9.12. The molecule has 0 aliphatic heterocycles. The molecule has 0 fully saturated rings. The predicted octanol–water partition coefficient (Wildman–Crippen LogP) is 5.09. The van der Waals surface area contributed by atoms with Crippen molar-refractivity contribution < 1.29 is 22.8 Å². The lowest BCUT2D eigenvalue weighted by atomic mass is 10.2. The summed E-state index contributed by atoms with van der Waals surface area (Å²) in [6, 6.07) is 6.50. The van der Waals surface area contributed by atoms with Crippen LogP contribution in [-0.2, 0) is 9.59 Å². The average molecular weight is 462 g/mol. The monoisotopic (exact) mass is 461 g/mol. The van der Waals surface area contributed by atoms with Crippen LogP contribution in [0.2, 0.25) is 10.0 Å². The lowest BCUT2D eigenvalue weighted by Crippen LogP contribution is -2.36. The van der Waals surface area contributed by atoms with Gasteiger partial charge in [0, 0.05) is 13.0 Å². The van der Waals surface area contributed by atoms with E-state index >= 15 is 0 Å². The van der Waals surface area contributed by atoms with E-state index in [1.54, 1.807) is 23.1 Å². The molecule has 0 saturated heterocycles. The number of carbonyl (C=O) groups is 2. The highest BCUT2D eigenvalue weighted by molar-refractivity contribution is 6.39. The minimum absolute atomic E-state index is 0.0500. The van der Waals surface area contributed by atoms with E-state index in [4.69, 9.17) is 23.2 Å². The van der Waals surface area contributed by atoms with Crippen molar-refractivity contribution in [1.82, 2.24) is 4.90 Å². The van der Waals surface area contributed by atoms with Crippen molar-refractivity contribution in [2.24, 2.45) is 0 Å². The summed E-state index contributed by atoms with van der Waals surface area (Å²) in [7, 11) is 0. The first kappa shape index (κ1) is 24.0. The SMILES string of the molecule is CCCN(CCC(=O)Nc1c(Cl)cccc1Cl)CC(=O)Nc1ccc(F)c(F)c1F. The Morgan fingerprint density at radius 2 is 1.60 bits per heavy atom. The fourth-order valence-corrected chi connectivity index (χ4v) is 3.17. The van der Waals surface area contributed by atoms with Crippen LogP contribution in [0.1, 0.15) is 19.8 Å². The van der Waals surface area contributed by atoms with Gasteiger partial charge in [0.2, 0.25) is 11.8 Å². The fraction of sp³-hybridized carbons (Fsp3) is 0.300.